The van der Waals surface area contributed by atoms with E-state index in [1.165, 1.54) is 5.69 Å². The first kappa shape index (κ1) is 16.6. The van der Waals surface area contributed by atoms with Crippen LogP contribution >= 0.6 is 0 Å². The third kappa shape index (κ3) is 5.60. The van der Waals surface area contributed by atoms with Crippen LogP contribution in [0.25, 0.3) is 0 Å². The largest absolute Gasteiger partial charge is 0.273 e. The van der Waals surface area contributed by atoms with Gasteiger partial charge in [0, 0.05) is 18.2 Å². The monoisotopic (exact) mass is 212 g/mol. The fourth-order valence-electron chi connectivity index (χ4n) is 0.927. The molecule has 0 radical (unpaired) electrons. The lowest BCUT2D eigenvalue weighted by Gasteiger charge is -2.13. The Morgan fingerprint density at radius 2 is 1.47 bits per heavy atom. The minimum atomic E-state index is 0.173. The summed E-state index contributed by atoms with van der Waals surface area (Å²) in [5.74, 6) is 0. The Bertz CT molecular complexity index is 234. The lowest BCUT2D eigenvalue weighted by atomic mass is 9.92. The van der Waals surface area contributed by atoms with Gasteiger partial charge in [-0.15, -0.1) is 0 Å². The molecule has 15 heavy (non-hydrogen) atoms. The highest BCUT2D eigenvalue weighted by Gasteiger charge is 2.17. The highest BCUT2D eigenvalue weighted by molar-refractivity contribution is 5.15. The summed E-state index contributed by atoms with van der Waals surface area (Å²) in [6, 6.07) is 2.14. The van der Waals surface area contributed by atoms with Gasteiger partial charge in [-0.3, -0.25) is 4.68 Å². The normalized spacial score (nSPS) is 9.67. The quantitative estimate of drug-likeness (QED) is 0.633. The van der Waals surface area contributed by atoms with Crippen molar-refractivity contribution in [2.24, 2.45) is 7.05 Å². The first-order valence-electron chi connectivity index (χ1n) is 5.92. The Balaban J connectivity index is 0. The molecule has 0 amide bonds. The van der Waals surface area contributed by atoms with Gasteiger partial charge < -0.3 is 0 Å². The molecule has 0 aliphatic carbocycles. The third-order valence-electron chi connectivity index (χ3n) is 1.88. The van der Waals surface area contributed by atoms with Gasteiger partial charge in [-0.25, -0.2) is 0 Å². The second-order valence-corrected chi connectivity index (χ2v) is 4.04. The molecule has 0 aliphatic rings. The maximum atomic E-state index is 4.40. The molecule has 0 unspecified atom stereocenters. The minimum absolute atomic E-state index is 0.173. The molecule has 0 aliphatic heterocycles. The van der Waals surface area contributed by atoms with E-state index in [0.717, 1.165) is 5.69 Å². The van der Waals surface area contributed by atoms with Crippen molar-refractivity contribution >= 4 is 0 Å². The summed E-state index contributed by atoms with van der Waals surface area (Å²) < 4.78 is 1.92. The summed E-state index contributed by atoms with van der Waals surface area (Å²) in [4.78, 5) is 0. The lowest BCUT2D eigenvalue weighted by Crippen LogP contribution is -2.12. The molecule has 0 spiro atoms. The summed E-state index contributed by atoms with van der Waals surface area (Å²) in [5, 5.41) is 4.40. The number of hydrogen-bond acceptors (Lipinski definition) is 1. The van der Waals surface area contributed by atoms with Crippen LogP contribution in [-0.4, -0.2) is 9.78 Å². The Kier molecular flexibility index (Phi) is 8.31. The summed E-state index contributed by atoms with van der Waals surface area (Å²) in [6.45, 7) is 16.6. The molecule has 0 saturated carbocycles. The van der Waals surface area contributed by atoms with Gasteiger partial charge in [0.2, 0.25) is 0 Å². The summed E-state index contributed by atoms with van der Waals surface area (Å²) in [5.41, 5.74) is 2.55. The van der Waals surface area contributed by atoms with Crippen LogP contribution in [0, 0.1) is 6.92 Å². The van der Waals surface area contributed by atoms with Crippen molar-refractivity contribution in [3.63, 3.8) is 0 Å². The molecular weight excluding hydrogens is 184 g/mol. The second kappa shape index (κ2) is 7.49. The van der Waals surface area contributed by atoms with Gasteiger partial charge >= 0.3 is 0 Å². The Labute approximate surface area is 95.7 Å². The van der Waals surface area contributed by atoms with Gasteiger partial charge in [0.15, 0.2) is 0 Å². The average molecular weight is 212 g/mol. The number of nitrogens with zero attached hydrogens (tertiary/aromatic N) is 2. The fraction of sp³-hybridized carbons (Fsp3) is 0.769. The van der Waals surface area contributed by atoms with Gasteiger partial charge in [0.1, 0.15) is 0 Å². The van der Waals surface area contributed by atoms with Crippen molar-refractivity contribution < 1.29 is 0 Å². The maximum absolute atomic E-state index is 4.40. The zero-order valence-corrected chi connectivity index (χ0v) is 12.0. The highest BCUT2D eigenvalue weighted by Crippen LogP contribution is 2.20. The van der Waals surface area contributed by atoms with Crippen LogP contribution in [0.4, 0.5) is 0 Å². The zero-order chi connectivity index (χ0) is 12.6. The molecule has 0 fully saturated rings. The topological polar surface area (TPSA) is 17.8 Å². The molecule has 1 rings (SSSR count). The van der Waals surface area contributed by atoms with Crippen molar-refractivity contribution in [1.82, 2.24) is 9.78 Å². The third-order valence-corrected chi connectivity index (χ3v) is 1.88. The number of hydrogen-bond donors (Lipinski definition) is 0. The van der Waals surface area contributed by atoms with Crippen LogP contribution in [0.2, 0.25) is 0 Å². The van der Waals surface area contributed by atoms with E-state index >= 15 is 0 Å². The van der Waals surface area contributed by atoms with Crippen LogP contribution in [0.15, 0.2) is 6.07 Å². The van der Waals surface area contributed by atoms with E-state index in [0.29, 0.717) is 0 Å². The van der Waals surface area contributed by atoms with E-state index in [9.17, 15) is 0 Å². The smallest absolute Gasteiger partial charge is 0.0680 e. The van der Waals surface area contributed by atoms with E-state index in [1.807, 2.05) is 39.4 Å². The first-order chi connectivity index (χ1) is 6.91. The molecule has 1 aromatic heterocycles. The van der Waals surface area contributed by atoms with E-state index in [1.54, 1.807) is 0 Å². The van der Waals surface area contributed by atoms with Crippen molar-refractivity contribution in [1.29, 1.82) is 0 Å². The molecule has 1 aromatic rings. The standard InChI is InChI=1S/C9H16N2.2C2H6/c1-7-6-8(9(2,3)4)10-11(7)5;2*1-2/h6H,1-5H3;2*1-2H3. The van der Waals surface area contributed by atoms with E-state index in [2.05, 4.69) is 38.9 Å². The lowest BCUT2D eigenvalue weighted by molar-refractivity contribution is 0.552. The van der Waals surface area contributed by atoms with Crippen LogP contribution in [0.5, 0.6) is 0 Å². The minimum Gasteiger partial charge on any atom is -0.273 e. The van der Waals surface area contributed by atoms with E-state index in [-0.39, 0.29) is 5.41 Å². The van der Waals surface area contributed by atoms with Gasteiger partial charge in [-0.2, -0.15) is 5.10 Å². The number of rotatable bonds is 0. The molecule has 90 valence electrons. The van der Waals surface area contributed by atoms with E-state index < -0.39 is 0 Å². The highest BCUT2D eigenvalue weighted by atomic mass is 15.3. The molecule has 0 aromatic carbocycles. The van der Waals surface area contributed by atoms with Crippen LogP contribution in [0.1, 0.15) is 59.9 Å². The molecular formula is C13H28N2. The molecule has 0 N–H and O–H groups in total. The van der Waals surface area contributed by atoms with Gasteiger partial charge in [0.05, 0.1) is 5.69 Å². The van der Waals surface area contributed by atoms with Gasteiger partial charge in [-0.05, 0) is 13.0 Å². The van der Waals surface area contributed by atoms with Crippen LogP contribution in [-0.2, 0) is 12.5 Å². The van der Waals surface area contributed by atoms with Crippen molar-refractivity contribution in [2.45, 2.75) is 60.8 Å². The number of aromatic nitrogens is 2. The van der Waals surface area contributed by atoms with Crippen molar-refractivity contribution in [2.75, 3.05) is 0 Å². The number of aryl methyl sites for hydroxylation is 2. The van der Waals surface area contributed by atoms with Crippen LogP contribution < -0.4 is 0 Å². The Hall–Kier alpha value is -0.790. The Morgan fingerprint density at radius 1 is 1.07 bits per heavy atom. The Morgan fingerprint density at radius 3 is 1.60 bits per heavy atom. The molecule has 0 bridgehead atoms. The summed E-state index contributed by atoms with van der Waals surface area (Å²) >= 11 is 0. The molecule has 2 heteroatoms. The summed E-state index contributed by atoms with van der Waals surface area (Å²) in [7, 11) is 1.98. The second-order valence-electron chi connectivity index (χ2n) is 4.04. The predicted molar refractivity (Wildman–Crippen MR) is 69.3 cm³/mol. The summed E-state index contributed by atoms with van der Waals surface area (Å²) in [6.07, 6.45) is 0. The molecule has 2 nitrogen and oxygen atoms in total. The average Bonchev–Trinajstić information content (AvgIpc) is 2.53. The zero-order valence-electron chi connectivity index (χ0n) is 12.0. The van der Waals surface area contributed by atoms with Gasteiger partial charge in [0.25, 0.3) is 0 Å². The van der Waals surface area contributed by atoms with Gasteiger partial charge in [-0.1, -0.05) is 48.5 Å². The van der Waals surface area contributed by atoms with Crippen molar-refractivity contribution in [3.05, 3.63) is 17.5 Å². The van der Waals surface area contributed by atoms with E-state index in [4.69, 9.17) is 0 Å². The fourth-order valence-corrected chi connectivity index (χ4v) is 0.927. The SMILES string of the molecule is CC.CC.Cc1cc(C(C)(C)C)nn1C. The first-order valence-corrected chi connectivity index (χ1v) is 5.92. The molecule has 0 atom stereocenters. The maximum Gasteiger partial charge on any atom is 0.0680 e. The molecule has 0 saturated heterocycles. The van der Waals surface area contributed by atoms with Crippen molar-refractivity contribution in [3.8, 4) is 0 Å². The predicted octanol–water partition coefficient (Wildman–Crippen LogP) is 4.08. The molecule has 1 heterocycles. The van der Waals surface area contributed by atoms with Crippen LogP contribution in [0.3, 0.4) is 0 Å².